The fraction of sp³-hybridized carbons (Fsp3) is 0.500. The van der Waals surface area contributed by atoms with Crippen LogP contribution in [0.15, 0.2) is 16.0 Å². The molecule has 1 fully saturated rings. The van der Waals surface area contributed by atoms with Gasteiger partial charge in [0.05, 0.1) is 6.26 Å². The van der Waals surface area contributed by atoms with Gasteiger partial charge in [-0.1, -0.05) is 15.9 Å². The molecule has 1 aromatic rings. The molecule has 2 N–H and O–H groups in total. The third-order valence-electron chi connectivity index (χ3n) is 3.85. The topological polar surface area (TPSA) is 166 Å². The van der Waals surface area contributed by atoms with Crippen LogP contribution in [-0.4, -0.2) is 61.1 Å². The van der Waals surface area contributed by atoms with E-state index in [-0.39, 0.29) is 5.82 Å². The van der Waals surface area contributed by atoms with Crippen molar-refractivity contribution in [3.8, 4) is 0 Å². The Balaban J connectivity index is 2.56. The van der Waals surface area contributed by atoms with Gasteiger partial charge in [-0.05, 0) is 11.1 Å². The minimum absolute atomic E-state index is 0.0608. The van der Waals surface area contributed by atoms with Crippen LogP contribution in [0.5, 0.6) is 0 Å². The molecule has 1 aliphatic rings. The fourth-order valence-electron chi connectivity index (χ4n) is 2.78. The standard InChI is InChI=1S/C16H20BrN3O9S/c1-8(21)26-7-11-12(29-30(3,24)25)13(27-9(2)22)15(28-11)20-6-10(4-5-17)14(18)19-16(20)23/h4-6,11-13,15H,7H2,1-3H3,(H2,18,19,23)/b5-4+/t11-,12+,13-,15-/m1/s1. The summed E-state index contributed by atoms with van der Waals surface area (Å²) >= 11 is 3.09. The summed E-state index contributed by atoms with van der Waals surface area (Å²) in [5.41, 5.74) is 5.22. The third-order valence-corrected chi connectivity index (χ3v) is 4.69. The first-order valence-electron chi connectivity index (χ1n) is 8.42. The zero-order chi connectivity index (χ0) is 22.6. The van der Waals surface area contributed by atoms with Crippen molar-refractivity contribution in [2.45, 2.75) is 38.4 Å². The predicted molar refractivity (Wildman–Crippen MR) is 107 cm³/mol. The monoisotopic (exact) mass is 509 g/mol. The molecule has 30 heavy (non-hydrogen) atoms. The number of hydrogen-bond donors (Lipinski definition) is 1. The van der Waals surface area contributed by atoms with E-state index in [9.17, 15) is 22.8 Å². The Hall–Kier alpha value is -2.29. The van der Waals surface area contributed by atoms with Crippen LogP contribution in [0.1, 0.15) is 25.6 Å². The van der Waals surface area contributed by atoms with Crippen LogP contribution in [0.3, 0.4) is 0 Å². The van der Waals surface area contributed by atoms with E-state index < -0.39 is 58.9 Å². The molecular formula is C16H20BrN3O9S. The van der Waals surface area contributed by atoms with Crippen molar-refractivity contribution in [3.63, 3.8) is 0 Å². The predicted octanol–water partition coefficient (Wildman–Crippen LogP) is -0.0719. The summed E-state index contributed by atoms with van der Waals surface area (Å²) in [6, 6.07) is 0. The van der Waals surface area contributed by atoms with Gasteiger partial charge in [-0.25, -0.2) is 4.79 Å². The van der Waals surface area contributed by atoms with Gasteiger partial charge in [-0.3, -0.25) is 18.3 Å². The second-order valence-electron chi connectivity index (χ2n) is 6.27. The first kappa shape index (κ1) is 24.0. The number of halogens is 1. The van der Waals surface area contributed by atoms with Crippen molar-refractivity contribution in [1.29, 1.82) is 0 Å². The van der Waals surface area contributed by atoms with Gasteiger partial charge in [-0.2, -0.15) is 13.4 Å². The Labute approximate surface area is 180 Å². The smallest absolute Gasteiger partial charge is 0.351 e. The van der Waals surface area contributed by atoms with Crippen molar-refractivity contribution >= 4 is 49.9 Å². The number of nitrogens with zero attached hydrogens (tertiary/aromatic N) is 2. The number of esters is 2. The van der Waals surface area contributed by atoms with Crippen LogP contribution < -0.4 is 11.4 Å². The first-order chi connectivity index (χ1) is 13.9. The number of nitrogen functional groups attached to an aromatic ring is 1. The molecule has 0 radical (unpaired) electrons. The van der Waals surface area contributed by atoms with Gasteiger partial charge >= 0.3 is 17.6 Å². The molecule has 0 unspecified atom stereocenters. The molecule has 1 aromatic heterocycles. The van der Waals surface area contributed by atoms with E-state index in [2.05, 4.69) is 20.9 Å². The van der Waals surface area contributed by atoms with E-state index in [1.54, 1.807) is 0 Å². The SMILES string of the molecule is CC(=O)OC[C@H]1O[C@@H](n2cc(/C=C/Br)c(N)nc2=O)[C@H](OC(C)=O)[C@H]1OS(C)(=O)=O. The lowest BCUT2D eigenvalue weighted by molar-refractivity contribution is -0.155. The maximum atomic E-state index is 12.5. The summed E-state index contributed by atoms with van der Waals surface area (Å²) in [6.45, 7) is 1.84. The highest BCUT2D eigenvalue weighted by Gasteiger charge is 2.51. The van der Waals surface area contributed by atoms with Crippen LogP contribution >= 0.6 is 15.9 Å². The Morgan fingerprint density at radius 3 is 2.53 bits per heavy atom. The van der Waals surface area contributed by atoms with Crippen molar-refractivity contribution < 1.29 is 36.4 Å². The number of anilines is 1. The van der Waals surface area contributed by atoms with Crippen molar-refractivity contribution in [2.24, 2.45) is 0 Å². The lowest BCUT2D eigenvalue weighted by Crippen LogP contribution is -2.42. The van der Waals surface area contributed by atoms with Gasteiger partial charge in [0.25, 0.3) is 10.1 Å². The average molecular weight is 510 g/mol. The zero-order valence-electron chi connectivity index (χ0n) is 16.2. The number of carbonyl (C=O) groups is 2. The Morgan fingerprint density at radius 2 is 2.00 bits per heavy atom. The van der Waals surface area contributed by atoms with Gasteiger partial charge in [0.2, 0.25) is 0 Å². The van der Waals surface area contributed by atoms with E-state index in [4.69, 9.17) is 24.1 Å². The van der Waals surface area contributed by atoms with Crippen LogP contribution in [-0.2, 0) is 38.1 Å². The Kier molecular flexibility index (Phi) is 7.74. The minimum atomic E-state index is -4.04. The molecule has 12 nitrogen and oxygen atoms in total. The summed E-state index contributed by atoms with van der Waals surface area (Å²) in [7, 11) is -4.04. The van der Waals surface area contributed by atoms with Crippen LogP contribution in [0.4, 0.5) is 5.82 Å². The summed E-state index contributed by atoms with van der Waals surface area (Å²) < 4.78 is 45.4. The van der Waals surface area contributed by atoms with E-state index in [1.165, 1.54) is 17.3 Å². The van der Waals surface area contributed by atoms with E-state index in [0.717, 1.165) is 24.7 Å². The molecular weight excluding hydrogens is 490 g/mol. The first-order valence-corrected chi connectivity index (χ1v) is 11.2. The second-order valence-corrected chi connectivity index (χ2v) is 8.40. The maximum Gasteiger partial charge on any atom is 0.351 e. The summed E-state index contributed by atoms with van der Waals surface area (Å²) in [5, 5.41) is 0. The molecule has 1 saturated heterocycles. The lowest BCUT2D eigenvalue weighted by Gasteiger charge is -2.23. The van der Waals surface area contributed by atoms with Gasteiger partial charge in [0, 0.05) is 25.6 Å². The van der Waals surface area contributed by atoms with Gasteiger partial charge < -0.3 is 19.9 Å². The lowest BCUT2D eigenvalue weighted by atomic mass is 10.1. The Bertz CT molecular complexity index is 1010. The zero-order valence-corrected chi connectivity index (χ0v) is 18.6. The largest absolute Gasteiger partial charge is 0.463 e. The Morgan fingerprint density at radius 1 is 1.33 bits per heavy atom. The van der Waals surface area contributed by atoms with E-state index in [1.807, 2.05) is 0 Å². The number of ether oxygens (including phenoxy) is 3. The fourth-order valence-corrected chi connectivity index (χ4v) is 3.70. The molecule has 0 bridgehead atoms. The molecule has 2 rings (SSSR count). The van der Waals surface area contributed by atoms with Gasteiger partial charge in [0.1, 0.15) is 24.6 Å². The molecule has 1 aliphatic heterocycles. The molecule has 0 aromatic carbocycles. The summed E-state index contributed by atoms with van der Waals surface area (Å²) in [5.74, 6) is -1.49. The highest BCUT2D eigenvalue weighted by molar-refractivity contribution is 9.11. The van der Waals surface area contributed by atoms with E-state index in [0.29, 0.717) is 5.56 Å². The molecule has 2 heterocycles. The number of carbonyl (C=O) groups excluding carboxylic acids is 2. The number of aromatic nitrogens is 2. The quantitative estimate of drug-likeness (QED) is 0.385. The highest BCUT2D eigenvalue weighted by Crippen LogP contribution is 2.34. The molecule has 0 saturated carbocycles. The van der Waals surface area contributed by atoms with Gasteiger partial charge in [-0.15, -0.1) is 0 Å². The molecule has 0 amide bonds. The molecule has 0 aliphatic carbocycles. The van der Waals surface area contributed by atoms with Crippen LogP contribution in [0.2, 0.25) is 0 Å². The molecule has 0 spiro atoms. The van der Waals surface area contributed by atoms with Crippen molar-refractivity contribution in [1.82, 2.24) is 9.55 Å². The third kappa shape index (κ3) is 6.10. The highest BCUT2D eigenvalue weighted by atomic mass is 79.9. The average Bonchev–Trinajstić information content (AvgIpc) is 2.91. The van der Waals surface area contributed by atoms with Crippen molar-refractivity contribution in [3.05, 3.63) is 27.2 Å². The minimum Gasteiger partial charge on any atom is -0.463 e. The number of hydrogen-bond acceptors (Lipinski definition) is 11. The second kappa shape index (κ2) is 9.68. The summed E-state index contributed by atoms with van der Waals surface area (Å²) in [4.78, 5) is 40.5. The number of rotatable bonds is 7. The maximum absolute atomic E-state index is 12.5. The van der Waals surface area contributed by atoms with Crippen molar-refractivity contribution in [2.75, 3.05) is 18.6 Å². The van der Waals surface area contributed by atoms with Crippen LogP contribution in [0.25, 0.3) is 6.08 Å². The summed E-state index contributed by atoms with van der Waals surface area (Å²) in [6.07, 6.45) is -1.66. The van der Waals surface area contributed by atoms with Gasteiger partial charge in [0.15, 0.2) is 12.3 Å². The normalized spacial score (nSPS) is 24.1. The number of nitrogens with two attached hydrogens (primary N) is 1. The molecule has 4 atom stereocenters. The molecule has 166 valence electrons. The van der Waals surface area contributed by atoms with Crippen LogP contribution in [0, 0.1) is 0 Å². The molecule has 14 heteroatoms. The van der Waals surface area contributed by atoms with E-state index >= 15 is 0 Å².